The Hall–Kier alpha value is -3.45. The molecular formula is C34H41F3N4O5S. The Balaban J connectivity index is 1.15. The average Bonchev–Trinajstić information content (AvgIpc) is 3.50. The Morgan fingerprint density at radius 3 is 2.11 bits per heavy atom. The molecule has 3 saturated heterocycles. The van der Waals surface area contributed by atoms with Gasteiger partial charge in [0.15, 0.2) is 9.84 Å². The number of imide groups is 1. The number of nitrogens with zero attached hydrogens (tertiary/aromatic N) is 4. The lowest BCUT2D eigenvalue weighted by Crippen LogP contribution is -2.57. The molecule has 4 amide bonds. The summed E-state index contributed by atoms with van der Waals surface area (Å²) in [5.41, 5.74) is -1.63. The van der Waals surface area contributed by atoms with Crippen molar-refractivity contribution in [1.29, 1.82) is 0 Å². The topological polar surface area (TPSA) is 98.3 Å². The van der Waals surface area contributed by atoms with Crippen LogP contribution in [0.4, 0.5) is 18.0 Å². The second kappa shape index (κ2) is 12.2. The van der Waals surface area contributed by atoms with E-state index < -0.39 is 32.9 Å². The van der Waals surface area contributed by atoms with E-state index in [1.807, 2.05) is 37.3 Å². The van der Waals surface area contributed by atoms with Gasteiger partial charge in [0.1, 0.15) is 11.0 Å². The van der Waals surface area contributed by atoms with Crippen molar-refractivity contribution in [2.24, 2.45) is 11.3 Å². The predicted molar refractivity (Wildman–Crippen MR) is 168 cm³/mol. The third-order valence-electron chi connectivity index (χ3n) is 10.9. The van der Waals surface area contributed by atoms with E-state index >= 15 is 0 Å². The minimum Gasteiger partial charge on any atom is -0.341 e. The van der Waals surface area contributed by atoms with Crippen molar-refractivity contribution < 1.29 is 36.0 Å². The fourth-order valence-electron chi connectivity index (χ4n) is 8.06. The van der Waals surface area contributed by atoms with Gasteiger partial charge in [0, 0.05) is 51.4 Å². The van der Waals surface area contributed by atoms with Gasteiger partial charge >= 0.3 is 12.2 Å². The highest BCUT2D eigenvalue weighted by atomic mass is 32.2. The van der Waals surface area contributed by atoms with E-state index in [9.17, 15) is 36.0 Å². The monoisotopic (exact) mass is 674 g/mol. The maximum absolute atomic E-state index is 14.1. The van der Waals surface area contributed by atoms with Crippen LogP contribution in [-0.2, 0) is 26.0 Å². The molecule has 3 aliphatic heterocycles. The second-order valence-corrected chi connectivity index (χ2v) is 15.6. The van der Waals surface area contributed by atoms with E-state index in [0.29, 0.717) is 51.0 Å². The van der Waals surface area contributed by atoms with Crippen molar-refractivity contribution in [2.75, 3.05) is 45.5 Å². The van der Waals surface area contributed by atoms with Crippen molar-refractivity contribution in [3.63, 3.8) is 0 Å². The normalized spacial score (nSPS) is 24.7. The molecule has 1 saturated carbocycles. The molecule has 6 rings (SSSR count). The summed E-state index contributed by atoms with van der Waals surface area (Å²) in [7, 11) is -3.38. The standard InChI is InChI=1S/C34H41F3N4O5S/c1-3-41-31(44)40(20-24-10-12-27(13-11-24)47(2,45)46)30(43)33(41)16-18-38(19-17-33)21-26-22-39(23-28(26)25-8-5-4-6-9-25)29(42)32(14-7-15-32)34(35,36)37/h4-6,8-13,26,28H,3,7,14-23H2,1-2H3. The third kappa shape index (κ3) is 5.83. The van der Waals surface area contributed by atoms with Gasteiger partial charge < -0.3 is 14.7 Å². The third-order valence-corrected chi connectivity index (χ3v) is 12.0. The molecule has 0 radical (unpaired) electrons. The number of carbonyl (C=O) groups is 3. The molecule has 0 bridgehead atoms. The molecule has 2 aromatic carbocycles. The second-order valence-electron chi connectivity index (χ2n) is 13.6. The zero-order chi connectivity index (χ0) is 33.8. The average molecular weight is 675 g/mol. The number of benzene rings is 2. The van der Waals surface area contributed by atoms with Crippen LogP contribution in [0.2, 0.25) is 0 Å². The Morgan fingerprint density at radius 1 is 0.936 bits per heavy atom. The Bertz CT molecular complexity index is 1620. The van der Waals surface area contributed by atoms with E-state index in [0.717, 1.165) is 11.8 Å². The van der Waals surface area contributed by atoms with Gasteiger partial charge in [-0.1, -0.05) is 48.9 Å². The molecule has 2 aromatic rings. The molecule has 47 heavy (non-hydrogen) atoms. The fourth-order valence-corrected chi connectivity index (χ4v) is 8.69. The summed E-state index contributed by atoms with van der Waals surface area (Å²) in [5.74, 6) is -1.28. The lowest BCUT2D eigenvalue weighted by atomic mass is 9.67. The smallest absolute Gasteiger partial charge is 0.341 e. The summed E-state index contributed by atoms with van der Waals surface area (Å²) in [5, 5.41) is 0. The van der Waals surface area contributed by atoms with E-state index in [-0.39, 0.29) is 61.1 Å². The van der Waals surface area contributed by atoms with Gasteiger partial charge in [-0.25, -0.2) is 13.2 Å². The largest absolute Gasteiger partial charge is 0.403 e. The summed E-state index contributed by atoms with van der Waals surface area (Å²) < 4.78 is 66.0. The van der Waals surface area contributed by atoms with Crippen molar-refractivity contribution in [1.82, 2.24) is 19.6 Å². The van der Waals surface area contributed by atoms with Gasteiger partial charge in [-0.05, 0) is 61.8 Å². The van der Waals surface area contributed by atoms with E-state index in [2.05, 4.69) is 4.90 Å². The number of carbonyl (C=O) groups excluding carboxylic acids is 3. The predicted octanol–water partition coefficient (Wildman–Crippen LogP) is 4.68. The first-order valence-electron chi connectivity index (χ1n) is 16.3. The highest BCUT2D eigenvalue weighted by Gasteiger charge is 2.65. The van der Waals surface area contributed by atoms with Crippen molar-refractivity contribution >= 4 is 27.7 Å². The molecule has 254 valence electrons. The maximum atomic E-state index is 14.1. The first-order chi connectivity index (χ1) is 22.2. The maximum Gasteiger partial charge on any atom is 0.403 e. The van der Waals surface area contributed by atoms with Gasteiger partial charge in [-0.15, -0.1) is 0 Å². The Kier molecular flexibility index (Phi) is 8.69. The van der Waals surface area contributed by atoms with Gasteiger partial charge in [0.05, 0.1) is 11.4 Å². The van der Waals surface area contributed by atoms with Crippen LogP contribution in [0.5, 0.6) is 0 Å². The Morgan fingerprint density at radius 2 is 1.57 bits per heavy atom. The van der Waals surface area contributed by atoms with Crippen LogP contribution in [0.3, 0.4) is 0 Å². The zero-order valence-electron chi connectivity index (χ0n) is 26.7. The number of alkyl halides is 3. The quantitative estimate of drug-likeness (QED) is 0.378. The van der Waals surface area contributed by atoms with Crippen LogP contribution in [0.1, 0.15) is 56.1 Å². The molecular weight excluding hydrogens is 633 g/mol. The number of sulfone groups is 1. The highest BCUT2D eigenvalue weighted by Crippen LogP contribution is 2.55. The number of likely N-dealkylation sites (N-methyl/N-ethyl adjacent to an activating group) is 1. The first kappa shape index (κ1) is 33.5. The number of piperidine rings is 1. The number of urea groups is 1. The summed E-state index contributed by atoms with van der Waals surface area (Å²) in [6.45, 7) is 4.30. The number of likely N-dealkylation sites (tertiary alicyclic amines) is 2. The summed E-state index contributed by atoms with van der Waals surface area (Å²) in [6, 6.07) is 15.4. The van der Waals surface area contributed by atoms with Crippen LogP contribution in [0.25, 0.3) is 0 Å². The van der Waals surface area contributed by atoms with Gasteiger partial charge in [-0.3, -0.25) is 14.5 Å². The van der Waals surface area contributed by atoms with Crippen molar-refractivity contribution in [3.8, 4) is 0 Å². The lowest BCUT2D eigenvalue weighted by Gasteiger charge is -2.44. The van der Waals surface area contributed by atoms with Gasteiger partial charge in [-0.2, -0.15) is 13.2 Å². The number of halogens is 3. The molecule has 4 fully saturated rings. The first-order valence-corrected chi connectivity index (χ1v) is 18.2. The van der Waals surface area contributed by atoms with Crippen LogP contribution in [0.15, 0.2) is 59.5 Å². The zero-order valence-corrected chi connectivity index (χ0v) is 27.5. The van der Waals surface area contributed by atoms with E-state index in [4.69, 9.17) is 0 Å². The van der Waals surface area contributed by atoms with Crippen LogP contribution < -0.4 is 0 Å². The molecule has 9 nitrogen and oxygen atoms in total. The Labute approximate surface area is 273 Å². The summed E-state index contributed by atoms with van der Waals surface area (Å²) >= 11 is 0. The highest BCUT2D eigenvalue weighted by molar-refractivity contribution is 7.90. The minimum absolute atomic E-state index is 0.0355. The van der Waals surface area contributed by atoms with Crippen molar-refractivity contribution in [3.05, 3.63) is 65.7 Å². The van der Waals surface area contributed by atoms with Crippen LogP contribution in [0, 0.1) is 11.3 Å². The molecule has 2 atom stereocenters. The summed E-state index contributed by atoms with van der Waals surface area (Å²) in [4.78, 5) is 47.5. The molecule has 1 spiro atoms. The van der Waals surface area contributed by atoms with E-state index in [1.54, 1.807) is 17.0 Å². The molecule has 4 aliphatic rings. The fraction of sp³-hybridized carbons (Fsp3) is 0.559. The lowest BCUT2D eigenvalue weighted by molar-refractivity contribution is -0.248. The van der Waals surface area contributed by atoms with Crippen LogP contribution >= 0.6 is 0 Å². The van der Waals surface area contributed by atoms with Crippen molar-refractivity contribution in [2.45, 2.75) is 68.1 Å². The number of rotatable bonds is 8. The molecule has 2 unspecified atom stereocenters. The molecule has 1 aliphatic carbocycles. The van der Waals surface area contributed by atoms with Crippen LogP contribution in [-0.4, -0.2) is 103 Å². The summed E-state index contributed by atoms with van der Waals surface area (Å²) in [6.07, 6.45) is -2.56. The SMILES string of the molecule is CCN1C(=O)N(Cc2ccc(S(C)(=O)=O)cc2)C(=O)C12CCN(CC1CN(C(=O)C3(C(F)(F)F)CCC3)CC1c1ccccc1)CC2. The molecule has 0 N–H and O–H groups in total. The number of amides is 4. The molecule has 3 heterocycles. The van der Waals surface area contributed by atoms with Gasteiger partial charge in [0.2, 0.25) is 5.91 Å². The molecule has 0 aromatic heterocycles. The minimum atomic E-state index is -4.58. The molecule has 13 heteroatoms. The number of hydrogen-bond acceptors (Lipinski definition) is 6. The van der Waals surface area contributed by atoms with Gasteiger partial charge in [0.25, 0.3) is 5.91 Å². The number of hydrogen-bond donors (Lipinski definition) is 0. The van der Waals surface area contributed by atoms with E-state index in [1.165, 1.54) is 21.9 Å².